The Kier molecular flexibility index (Phi) is 13.8. The van der Waals surface area contributed by atoms with Crippen LogP contribution in [0.3, 0.4) is 0 Å². The van der Waals surface area contributed by atoms with Crippen molar-refractivity contribution in [2.24, 2.45) is 17.8 Å². The van der Waals surface area contributed by atoms with Gasteiger partial charge in [-0.05, 0) is 43.4 Å². The van der Waals surface area contributed by atoms with Gasteiger partial charge in [0.15, 0.2) is 0 Å². The average Bonchev–Trinajstić information content (AvgIpc) is 2.87. The molecule has 0 aromatic rings. The molecule has 0 spiro atoms. The first-order valence-electron chi connectivity index (χ1n) is 14.1. The molecule has 38 heavy (non-hydrogen) atoms. The lowest BCUT2D eigenvalue weighted by molar-refractivity contribution is -0.146. The van der Waals surface area contributed by atoms with Gasteiger partial charge in [0.05, 0.1) is 6.54 Å². The van der Waals surface area contributed by atoms with E-state index in [0.717, 1.165) is 25.7 Å². The molecular weight excluding hydrogens is 486 g/mol. The van der Waals surface area contributed by atoms with Crippen molar-refractivity contribution >= 4 is 29.5 Å². The van der Waals surface area contributed by atoms with Crippen LogP contribution in [0.5, 0.6) is 0 Å². The molecule has 1 aliphatic rings. The molecule has 0 saturated carbocycles. The molecule has 4 atom stereocenters. The first-order chi connectivity index (χ1) is 17.7. The van der Waals surface area contributed by atoms with Crippen LogP contribution in [0.1, 0.15) is 80.6 Å². The second-order valence-electron chi connectivity index (χ2n) is 11.5. The van der Waals surface area contributed by atoms with E-state index in [2.05, 4.69) is 10.6 Å². The molecule has 1 aliphatic heterocycles. The van der Waals surface area contributed by atoms with E-state index in [1.165, 1.54) is 23.8 Å². The Bertz CT molecular complexity index is 824. The molecule has 1 heterocycles. The van der Waals surface area contributed by atoms with Crippen LogP contribution < -0.4 is 10.6 Å². The van der Waals surface area contributed by atoms with Gasteiger partial charge in [0.2, 0.25) is 29.5 Å². The van der Waals surface area contributed by atoms with E-state index >= 15 is 0 Å². The fraction of sp³-hybridized carbons (Fsp3) is 0.821. The number of carbonyl (C=O) groups excluding carboxylic acids is 5. The van der Waals surface area contributed by atoms with E-state index in [0.29, 0.717) is 19.5 Å². The molecular formula is C28H51N5O5. The summed E-state index contributed by atoms with van der Waals surface area (Å²) in [6.45, 7) is 14.1. The lowest BCUT2D eigenvalue weighted by Crippen LogP contribution is -2.58. The standard InChI is InChI=1S/C28H51N5O5/c1-10-20(6)25(28(38)33-14-12-11-13-15-33)30-26(36)22(16-18(2)3)32(9)23(35)17-31(8)27(37)24(19(4)5)29-21(7)34/h18-20,22,24-25H,10-17H2,1-9H3,(H,29,34)(H,30,36)/t20?,22-,24-,25-/m0/s1. The Morgan fingerprint density at radius 2 is 1.45 bits per heavy atom. The van der Waals surface area contributed by atoms with Crippen LogP contribution >= 0.6 is 0 Å². The third kappa shape index (κ3) is 9.91. The molecule has 0 radical (unpaired) electrons. The maximum atomic E-state index is 13.6. The number of nitrogens with one attached hydrogen (secondary N) is 2. The van der Waals surface area contributed by atoms with Crippen LogP contribution in [0, 0.1) is 17.8 Å². The van der Waals surface area contributed by atoms with Crippen LogP contribution in [0.15, 0.2) is 0 Å². The average molecular weight is 538 g/mol. The molecule has 218 valence electrons. The number of hydrogen-bond donors (Lipinski definition) is 2. The number of nitrogens with zero attached hydrogens (tertiary/aromatic N) is 3. The van der Waals surface area contributed by atoms with Crippen molar-refractivity contribution in [3.8, 4) is 0 Å². The second kappa shape index (κ2) is 15.7. The molecule has 10 heteroatoms. The fourth-order valence-corrected chi connectivity index (χ4v) is 4.67. The van der Waals surface area contributed by atoms with Gasteiger partial charge in [0.1, 0.15) is 18.1 Å². The van der Waals surface area contributed by atoms with Gasteiger partial charge in [0, 0.05) is 34.1 Å². The summed E-state index contributed by atoms with van der Waals surface area (Å²) in [5.74, 6) is -1.61. The Balaban J connectivity index is 3.04. The van der Waals surface area contributed by atoms with Gasteiger partial charge in [0.25, 0.3) is 0 Å². The minimum atomic E-state index is -0.789. The fourth-order valence-electron chi connectivity index (χ4n) is 4.67. The molecule has 1 rings (SSSR count). The topological polar surface area (TPSA) is 119 Å². The van der Waals surface area contributed by atoms with Gasteiger partial charge in [-0.15, -0.1) is 0 Å². The predicted octanol–water partition coefficient (Wildman–Crippen LogP) is 2.02. The van der Waals surface area contributed by atoms with Gasteiger partial charge in [-0.3, -0.25) is 24.0 Å². The van der Waals surface area contributed by atoms with Crippen LogP contribution in [-0.4, -0.2) is 96.1 Å². The van der Waals surface area contributed by atoms with Gasteiger partial charge in [-0.2, -0.15) is 0 Å². The van der Waals surface area contributed by atoms with Crippen molar-refractivity contribution in [3.05, 3.63) is 0 Å². The summed E-state index contributed by atoms with van der Waals surface area (Å²) in [5, 5.41) is 5.63. The van der Waals surface area contributed by atoms with Gasteiger partial charge < -0.3 is 25.3 Å². The number of likely N-dealkylation sites (N-methyl/N-ethyl adjacent to an activating group) is 2. The third-order valence-electron chi connectivity index (χ3n) is 7.34. The van der Waals surface area contributed by atoms with E-state index in [4.69, 9.17) is 0 Å². The van der Waals surface area contributed by atoms with Gasteiger partial charge >= 0.3 is 0 Å². The quantitative estimate of drug-likeness (QED) is 0.373. The third-order valence-corrected chi connectivity index (χ3v) is 7.34. The van der Waals surface area contributed by atoms with E-state index in [9.17, 15) is 24.0 Å². The summed E-state index contributed by atoms with van der Waals surface area (Å²) in [5.41, 5.74) is 0. The monoisotopic (exact) mass is 537 g/mol. The zero-order valence-corrected chi connectivity index (χ0v) is 25.0. The normalized spacial score (nSPS) is 16.9. The first kappa shape index (κ1) is 33.4. The summed E-state index contributed by atoms with van der Waals surface area (Å²) >= 11 is 0. The highest BCUT2D eigenvalue weighted by molar-refractivity contribution is 5.94. The van der Waals surface area contributed by atoms with Crippen molar-refractivity contribution in [2.75, 3.05) is 33.7 Å². The van der Waals surface area contributed by atoms with Crippen LogP contribution in [0.25, 0.3) is 0 Å². The molecule has 1 fully saturated rings. The highest BCUT2D eigenvalue weighted by atomic mass is 16.2. The minimum absolute atomic E-state index is 0.0559. The largest absolute Gasteiger partial charge is 0.344 e. The molecule has 10 nitrogen and oxygen atoms in total. The number of piperidine rings is 1. The predicted molar refractivity (Wildman–Crippen MR) is 148 cm³/mol. The summed E-state index contributed by atoms with van der Waals surface area (Å²) in [6, 6.07) is -2.19. The molecule has 2 N–H and O–H groups in total. The highest BCUT2D eigenvalue weighted by Gasteiger charge is 2.36. The summed E-state index contributed by atoms with van der Waals surface area (Å²) in [6.07, 6.45) is 4.18. The van der Waals surface area contributed by atoms with E-state index in [1.54, 1.807) is 7.05 Å². The maximum absolute atomic E-state index is 13.6. The van der Waals surface area contributed by atoms with Gasteiger partial charge in [-0.1, -0.05) is 48.0 Å². The van der Waals surface area contributed by atoms with Crippen molar-refractivity contribution in [3.63, 3.8) is 0 Å². The smallest absolute Gasteiger partial charge is 0.245 e. The van der Waals surface area contributed by atoms with Crippen molar-refractivity contribution in [2.45, 2.75) is 98.7 Å². The summed E-state index contributed by atoms with van der Waals surface area (Å²) in [7, 11) is 3.07. The lowest BCUT2D eigenvalue weighted by atomic mass is 9.95. The lowest BCUT2D eigenvalue weighted by Gasteiger charge is -2.35. The number of amides is 5. The number of hydrogen-bond acceptors (Lipinski definition) is 5. The Morgan fingerprint density at radius 1 is 0.868 bits per heavy atom. The number of rotatable bonds is 13. The molecule has 5 amide bonds. The second-order valence-corrected chi connectivity index (χ2v) is 11.5. The molecule has 0 bridgehead atoms. The summed E-state index contributed by atoms with van der Waals surface area (Å²) < 4.78 is 0. The zero-order chi connectivity index (χ0) is 29.2. The first-order valence-corrected chi connectivity index (χ1v) is 14.1. The number of carbonyl (C=O) groups is 5. The summed E-state index contributed by atoms with van der Waals surface area (Å²) in [4.78, 5) is 69.2. The van der Waals surface area contributed by atoms with E-state index < -0.39 is 24.0 Å². The number of likely N-dealkylation sites (tertiary alicyclic amines) is 1. The van der Waals surface area contributed by atoms with E-state index in [1.807, 2.05) is 46.4 Å². The minimum Gasteiger partial charge on any atom is -0.344 e. The van der Waals surface area contributed by atoms with Crippen molar-refractivity contribution in [1.29, 1.82) is 0 Å². The van der Waals surface area contributed by atoms with Gasteiger partial charge in [-0.25, -0.2) is 0 Å². The molecule has 0 aliphatic carbocycles. The molecule has 0 aromatic carbocycles. The Labute approximate surface area is 229 Å². The van der Waals surface area contributed by atoms with E-state index in [-0.39, 0.29) is 47.9 Å². The molecule has 1 unspecified atom stereocenters. The maximum Gasteiger partial charge on any atom is 0.245 e. The van der Waals surface area contributed by atoms with Crippen molar-refractivity contribution in [1.82, 2.24) is 25.3 Å². The van der Waals surface area contributed by atoms with Crippen LogP contribution in [0.2, 0.25) is 0 Å². The molecule has 1 saturated heterocycles. The molecule has 0 aromatic heterocycles. The SMILES string of the molecule is CCC(C)[C@H](NC(=O)[C@H](CC(C)C)N(C)C(=O)CN(C)C(=O)[C@@H](NC(C)=O)C(C)C)C(=O)N1CCCCC1. The Morgan fingerprint density at radius 3 is 1.92 bits per heavy atom. The van der Waals surface area contributed by atoms with Crippen LogP contribution in [0.4, 0.5) is 0 Å². The van der Waals surface area contributed by atoms with Crippen LogP contribution in [-0.2, 0) is 24.0 Å². The zero-order valence-electron chi connectivity index (χ0n) is 25.0. The van der Waals surface area contributed by atoms with Crippen molar-refractivity contribution < 1.29 is 24.0 Å². The highest BCUT2D eigenvalue weighted by Crippen LogP contribution is 2.18. The Hall–Kier alpha value is -2.65.